The Labute approximate surface area is 53.4 Å². The highest BCUT2D eigenvalue weighted by atomic mass is 16.5. The predicted molar refractivity (Wildman–Crippen MR) is 30.9 cm³/mol. The molecule has 1 N–H and O–H groups in total. The monoisotopic (exact) mass is 127 g/mol. The summed E-state index contributed by atoms with van der Waals surface area (Å²) in [5, 5.41) is 2.85. The van der Waals surface area contributed by atoms with Crippen molar-refractivity contribution in [3.63, 3.8) is 0 Å². The highest BCUT2D eigenvalue weighted by molar-refractivity contribution is 5.84. The van der Waals surface area contributed by atoms with Gasteiger partial charge in [0.05, 0.1) is 18.6 Å². The molecule has 2 heterocycles. The number of ether oxygens (including phenoxy) is 1. The lowest BCUT2D eigenvalue weighted by molar-refractivity contribution is -0.132. The Morgan fingerprint density at radius 1 is 1.67 bits per heavy atom. The predicted octanol–water partition coefficient (Wildman–Crippen LogP) is -0.335. The molecular formula is C6H9NO2. The molecule has 2 saturated heterocycles. The molecule has 0 aromatic heterocycles. The van der Waals surface area contributed by atoms with E-state index in [2.05, 4.69) is 5.32 Å². The lowest BCUT2D eigenvalue weighted by atomic mass is 9.87. The minimum atomic E-state index is 0.0666. The van der Waals surface area contributed by atoms with Gasteiger partial charge in [0.25, 0.3) is 0 Å². The van der Waals surface area contributed by atoms with Crippen molar-refractivity contribution >= 4 is 5.91 Å². The van der Waals surface area contributed by atoms with Crippen LogP contribution in [0.3, 0.4) is 0 Å². The third-order valence-electron chi connectivity index (χ3n) is 2.01. The molecule has 3 heteroatoms. The maximum atomic E-state index is 10.5. The zero-order chi connectivity index (χ0) is 6.32. The summed E-state index contributed by atoms with van der Waals surface area (Å²) in [5.41, 5.74) is 0.0666. The van der Waals surface area contributed by atoms with E-state index in [9.17, 15) is 4.79 Å². The summed E-state index contributed by atoms with van der Waals surface area (Å²) in [7, 11) is 0. The highest BCUT2D eigenvalue weighted by Gasteiger charge is 2.45. The third-order valence-corrected chi connectivity index (χ3v) is 2.01. The van der Waals surface area contributed by atoms with Crippen LogP contribution in [0.15, 0.2) is 0 Å². The third kappa shape index (κ3) is 0.645. The summed E-state index contributed by atoms with van der Waals surface area (Å²) >= 11 is 0. The molecule has 0 aromatic rings. The van der Waals surface area contributed by atoms with Gasteiger partial charge in [0.15, 0.2) is 0 Å². The van der Waals surface area contributed by atoms with Crippen LogP contribution < -0.4 is 5.32 Å². The molecule has 1 amide bonds. The van der Waals surface area contributed by atoms with Crippen molar-refractivity contribution < 1.29 is 9.53 Å². The van der Waals surface area contributed by atoms with Gasteiger partial charge < -0.3 is 10.1 Å². The van der Waals surface area contributed by atoms with E-state index in [4.69, 9.17) is 4.74 Å². The first-order chi connectivity index (χ1) is 4.31. The molecule has 0 aliphatic carbocycles. The first kappa shape index (κ1) is 5.23. The van der Waals surface area contributed by atoms with Crippen LogP contribution in [0.2, 0.25) is 0 Å². The van der Waals surface area contributed by atoms with E-state index in [1.165, 1.54) is 0 Å². The summed E-state index contributed by atoms with van der Waals surface area (Å²) in [5.74, 6) is 0.167. The van der Waals surface area contributed by atoms with Crippen molar-refractivity contribution in [2.24, 2.45) is 0 Å². The van der Waals surface area contributed by atoms with Crippen LogP contribution in [0.4, 0.5) is 0 Å². The van der Waals surface area contributed by atoms with Crippen molar-refractivity contribution in [3.05, 3.63) is 0 Å². The molecule has 0 radical (unpaired) electrons. The van der Waals surface area contributed by atoms with Gasteiger partial charge in [0.2, 0.25) is 5.91 Å². The largest absolute Gasteiger partial charge is 0.379 e. The maximum absolute atomic E-state index is 10.5. The van der Waals surface area contributed by atoms with Crippen LogP contribution in [-0.4, -0.2) is 24.7 Å². The second-order valence-electron chi connectivity index (χ2n) is 2.81. The first-order valence-electron chi connectivity index (χ1n) is 3.20. The second-order valence-corrected chi connectivity index (χ2v) is 2.81. The fraction of sp³-hybridized carbons (Fsp3) is 0.833. The van der Waals surface area contributed by atoms with Crippen LogP contribution in [0.1, 0.15) is 12.8 Å². The summed E-state index contributed by atoms with van der Waals surface area (Å²) < 4.78 is 5.14. The van der Waals surface area contributed by atoms with E-state index in [1.54, 1.807) is 0 Å². The Kier molecular flexibility index (Phi) is 0.858. The number of hydrogen-bond donors (Lipinski definition) is 1. The van der Waals surface area contributed by atoms with Gasteiger partial charge in [-0.05, 0) is 6.42 Å². The zero-order valence-corrected chi connectivity index (χ0v) is 5.14. The van der Waals surface area contributed by atoms with E-state index >= 15 is 0 Å². The Bertz CT molecular complexity index is 139. The van der Waals surface area contributed by atoms with Crippen LogP contribution in [0.5, 0.6) is 0 Å². The van der Waals surface area contributed by atoms with E-state index in [0.29, 0.717) is 6.42 Å². The average molecular weight is 127 g/mol. The Morgan fingerprint density at radius 3 is 2.89 bits per heavy atom. The molecule has 9 heavy (non-hydrogen) atoms. The fourth-order valence-corrected chi connectivity index (χ4v) is 1.43. The lowest BCUT2D eigenvalue weighted by Crippen LogP contribution is -2.61. The highest BCUT2D eigenvalue weighted by Crippen LogP contribution is 2.28. The molecule has 2 aliphatic rings. The van der Waals surface area contributed by atoms with Crippen LogP contribution in [0, 0.1) is 0 Å². The van der Waals surface area contributed by atoms with Crippen molar-refractivity contribution in [2.45, 2.75) is 18.4 Å². The Hall–Kier alpha value is -0.570. The molecule has 1 atom stereocenters. The number of nitrogens with one attached hydrogen (secondary N) is 1. The van der Waals surface area contributed by atoms with E-state index in [0.717, 1.165) is 19.6 Å². The van der Waals surface area contributed by atoms with Crippen molar-refractivity contribution in [1.82, 2.24) is 5.32 Å². The molecule has 3 nitrogen and oxygen atoms in total. The van der Waals surface area contributed by atoms with Crippen molar-refractivity contribution in [2.75, 3.05) is 13.2 Å². The van der Waals surface area contributed by atoms with Crippen LogP contribution >= 0.6 is 0 Å². The number of carbonyl (C=O) groups is 1. The topological polar surface area (TPSA) is 38.3 Å². The first-order valence-corrected chi connectivity index (χ1v) is 3.20. The van der Waals surface area contributed by atoms with Crippen LogP contribution in [-0.2, 0) is 9.53 Å². The molecule has 1 spiro atoms. The summed E-state index contributed by atoms with van der Waals surface area (Å²) in [6, 6.07) is 0. The van der Waals surface area contributed by atoms with Crippen molar-refractivity contribution in [3.8, 4) is 0 Å². The molecule has 2 rings (SSSR count). The lowest BCUT2D eigenvalue weighted by Gasteiger charge is -2.37. The molecule has 2 fully saturated rings. The fourth-order valence-electron chi connectivity index (χ4n) is 1.43. The smallest absolute Gasteiger partial charge is 0.222 e. The minimum Gasteiger partial charge on any atom is -0.379 e. The number of hydrogen-bond acceptors (Lipinski definition) is 2. The molecule has 50 valence electrons. The van der Waals surface area contributed by atoms with Gasteiger partial charge in [-0.1, -0.05) is 0 Å². The Balaban J connectivity index is 2.03. The standard InChI is InChI=1S/C6H9NO2/c8-5-3-6(7-5)1-2-9-4-6/h1-4H2,(H,7,8)/t6-/m0/s1. The maximum Gasteiger partial charge on any atom is 0.222 e. The molecule has 0 aromatic carbocycles. The van der Waals surface area contributed by atoms with Gasteiger partial charge in [-0.15, -0.1) is 0 Å². The minimum absolute atomic E-state index is 0.0666. The molecule has 0 bridgehead atoms. The second kappa shape index (κ2) is 1.48. The number of β-lactam (4-membered cyclic amide) rings is 1. The van der Waals surface area contributed by atoms with Gasteiger partial charge in [-0.3, -0.25) is 4.79 Å². The van der Waals surface area contributed by atoms with Gasteiger partial charge in [0, 0.05) is 6.61 Å². The number of amides is 1. The van der Waals surface area contributed by atoms with Gasteiger partial charge in [-0.2, -0.15) is 0 Å². The van der Waals surface area contributed by atoms with Crippen LogP contribution in [0.25, 0.3) is 0 Å². The number of carbonyl (C=O) groups excluding carboxylic acids is 1. The zero-order valence-electron chi connectivity index (χ0n) is 5.14. The molecule has 0 unspecified atom stereocenters. The van der Waals surface area contributed by atoms with E-state index < -0.39 is 0 Å². The van der Waals surface area contributed by atoms with Crippen molar-refractivity contribution in [1.29, 1.82) is 0 Å². The Morgan fingerprint density at radius 2 is 2.44 bits per heavy atom. The average Bonchev–Trinajstić information content (AvgIpc) is 2.12. The van der Waals surface area contributed by atoms with Gasteiger partial charge in [0.1, 0.15) is 0 Å². The summed E-state index contributed by atoms with van der Waals surface area (Å²) in [6.07, 6.45) is 1.67. The SMILES string of the molecule is O=C1C[C@]2(CCOC2)N1. The molecule has 0 saturated carbocycles. The van der Waals surface area contributed by atoms with Gasteiger partial charge in [-0.25, -0.2) is 0 Å². The molecule has 2 aliphatic heterocycles. The van der Waals surface area contributed by atoms with E-state index in [-0.39, 0.29) is 11.4 Å². The van der Waals surface area contributed by atoms with Gasteiger partial charge >= 0.3 is 0 Å². The quantitative estimate of drug-likeness (QED) is 0.452. The molecular weight excluding hydrogens is 118 g/mol. The summed E-state index contributed by atoms with van der Waals surface area (Å²) in [6.45, 7) is 1.53. The van der Waals surface area contributed by atoms with E-state index in [1.807, 2.05) is 0 Å². The number of rotatable bonds is 0. The summed E-state index contributed by atoms with van der Waals surface area (Å²) in [4.78, 5) is 10.5. The normalized spacial score (nSPS) is 40.7.